The molecule has 6 heteroatoms. The van der Waals surface area contributed by atoms with E-state index in [1.54, 1.807) is 0 Å². The first-order chi connectivity index (χ1) is 16.1. The van der Waals surface area contributed by atoms with Crippen LogP contribution >= 0.6 is 0 Å². The number of benzene rings is 2. The number of ether oxygens (including phenoxy) is 2. The van der Waals surface area contributed by atoms with E-state index in [1.165, 1.54) is 0 Å². The van der Waals surface area contributed by atoms with E-state index >= 15 is 0 Å². The van der Waals surface area contributed by atoms with Crippen LogP contribution in [0, 0.1) is 6.92 Å². The van der Waals surface area contributed by atoms with E-state index in [4.69, 9.17) is 13.9 Å². The smallest absolute Gasteiger partial charge is 0.315 e. The number of aromatic nitrogens is 2. The lowest BCUT2D eigenvalue weighted by Crippen LogP contribution is -2.18. The van der Waals surface area contributed by atoms with Crippen LogP contribution in [-0.2, 0) is 22.4 Å². The summed E-state index contributed by atoms with van der Waals surface area (Å²) >= 11 is 0. The summed E-state index contributed by atoms with van der Waals surface area (Å²) < 4.78 is 17.0. The van der Waals surface area contributed by atoms with E-state index in [0.29, 0.717) is 31.9 Å². The van der Waals surface area contributed by atoms with Crippen LogP contribution in [0.3, 0.4) is 0 Å². The molecule has 0 spiro atoms. The number of rotatable bonds is 10. The monoisotopic (exact) mass is 444 g/mol. The van der Waals surface area contributed by atoms with Crippen molar-refractivity contribution < 1.29 is 18.7 Å². The maximum atomic E-state index is 12.4. The fourth-order valence-electron chi connectivity index (χ4n) is 3.71. The van der Waals surface area contributed by atoms with Crippen molar-refractivity contribution >= 4 is 5.97 Å². The van der Waals surface area contributed by atoms with Crippen LogP contribution in [0.2, 0.25) is 0 Å². The number of hydrogen-bond donors (Lipinski definition) is 1. The molecule has 0 bridgehead atoms. The summed E-state index contributed by atoms with van der Waals surface area (Å²) in [6.07, 6.45) is 3.03. The van der Waals surface area contributed by atoms with Gasteiger partial charge >= 0.3 is 5.97 Å². The van der Waals surface area contributed by atoms with Crippen molar-refractivity contribution in [3.63, 3.8) is 0 Å². The van der Waals surface area contributed by atoms with Gasteiger partial charge in [-0.25, -0.2) is 4.98 Å². The maximum Gasteiger partial charge on any atom is 0.315 e. The minimum Gasteiger partial charge on any atom is -0.493 e. The lowest BCUT2D eigenvalue weighted by molar-refractivity contribution is -0.145. The molecule has 0 aliphatic rings. The first-order valence-electron chi connectivity index (χ1n) is 11.2. The Morgan fingerprint density at radius 3 is 2.55 bits per heavy atom. The lowest BCUT2D eigenvalue weighted by Gasteiger charge is -2.15. The molecule has 4 aromatic rings. The van der Waals surface area contributed by atoms with Gasteiger partial charge in [0.05, 0.1) is 18.9 Å². The van der Waals surface area contributed by atoms with Gasteiger partial charge in [-0.3, -0.25) is 4.79 Å². The standard InChI is InChI=1S/C27H28N2O4/c1-3-31-27(30)23(25-10-7-16-28-25)18-20-11-13-22(14-12-20)32-17-15-24-19(2)33-26(29-24)21-8-5-4-6-9-21/h4-14,16,23,28H,3,15,17-18H2,1-2H3. The normalized spacial score (nSPS) is 11.8. The van der Waals surface area contributed by atoms with E-state index in [9.17, 15) is 4.79 Å². The molecule has 0 radical (unpaired) electrons. The van der Waals surface area contributed by atoms with Gasteiger partial charge in [0.25, 0.3) is 0 Å². The van der Waals surface area contributed by atoms with Gasteiger partial charge in [0, 0.05) is 23.9 Å². The number of hydrogen-bond acceptors (Lipinski definition) is 5. The van der Waals surface area contributed by atoms with E-state index in [2.05, 4.69) is 9.97 Å². The molecule has 0 saturated carbocycles. The predicted octanol–water partition coefficient (Wildman–Crippen LogP) is 5.49. The second kappa shape index (κ2) is 10.7. The molecule has 33 heavy (non-hydrogen) atoms. The van der Waals surface area contributed by atoms with Gasteiger partial charge in [-0.1, -0.05) is 30.3 Å². The largest absolute Gasteiger partial charge is 0.493 e. The van der Waals surface area contributed by atoms with Gasteiger partial charge < -0.3 is 18.9 Å². The summed E-state index contributed by atoms with van der Waals surface area (Å²) in [5.74, 6) is 1.63. The summed E-state index contributed by atoms with van der Waals surface area (Å²) in [6, 6.07) is 21.5. The van der Waals surface area contributed by atoms with Crippen molar-refractivity contribution in [2.45, 2.75) is 32.6 Å². The summed E-state index contributed by atoms with van der Waals surface area (Å²) in [6.45, 7) is 4.60. The van der Waals surface area contributed by atoms with Crippen LogP contribution in [0.5, 0.6) is 5.75 Å². The van der Waals surface area contributed by atoms with Gasteiger partial charge in [0.2, 0.25) is 5.89 Å². The average molecular weight is 445 g/mol. The Labute approximate surface area is 193 Å². The molecule has 0 fully saturated rings. The summed E-state index contributed by atoms with van der Waals surface area (Å²) in [5.41, 5.74) is 3.75. The quantitative estimate of drug-likeness (QED) is 0.327. The highest BCUT2D eigenvalue weighted by Crippen LogP contribution is 2.24. The maximum absolute atomic E-state index is 12.4. The van der Waals surface area contributed by atoms with Crippen LogP contribution < -0.4 is 4.74 Å². The molecule has 6 nitrogen and oxygen atoms in total. The van der Waals surface area contributed by atoms with E-state index in [0.717, 1.165) is 34.0 Å². The predicted molar refractivity (Wildman–Crippen MR) is 126 cm³/mol. The Kier molecular flexibility index (Phi) is 7.25. The molecule has 1 atom stereocenters. The number of aromatic amines is 1. The highest BCUT2D eigenvalue weighted by atomic mass is 16.5. The second-order valence-corrected chi connectivity index (χ2v) is 7.76. The van der Waals surface area contributed by atoms with Gasteiger partial charge in [-0.2, -0.15) is 0 Å². The van der Waals surface area contributed by atoms with Gasteiger partial charge in [0.15, 0.2) is 0 Å². The minimum absolute atomic E-state index is 0.224. The first kappa shape index (κ1) is 22.4. The van der Waals surface area contributed by atoms with Crippen LogP contribution in [0.25, 0.3) is 11.5 Å². The summed E-state index contributed by atoms with van der Waals surface area (Å²) in [4.78, 5) is 20.2. The van der Waals surface area contributed by atoms with Gasteiger partial charge in [-0.05, 0) is 62.2 Å². The SMILES string of the molecule is CCOC(=O)C(Cc1ccc(OCCc2nc(-c3ccccc3)oc2C)cc1)c1ccc[nH]1. The number of carbonyl (C=O) groups excluding carboxylic acids is 1. The molecule has 170 valence electrons. The molecule has 0 aliphatic carbocycles. The Balaban J connectivity index is 1.33. The van der Waals surface area contributed by atoms with Gasteiger partial charge in [0.1, 0.15) is 17.4 Å². The Bertz CT molecular complexity index is 1150. The van der Waals surface area contributed by atoms with Crippen molar-refractivity contribution in [3.8, 4) is 17.2 Å². The number of carbonyl (C=O) groups is 1. The third-order valence-corrected chi connectivity index (χ3v) is 5.45. The molecule has 1 unspecified atom stereocenters. The van der Waals surface area contributed by atoms with Crippen LogP contribution in [-0.4, -0.2) is 29.2 Å². The van der Waals surface area contributed by atoms with Crippen LogP contribution in [0.1, 0.15) is 35.6 Å². The fourth-order valence-corrected chi connectivity index (χ4v) is 3.71. The molecule has 2 heterocycles. The molecule has 0 saturated heterocycles. The third kappa shape index (κ3) is 5.71. The number of esters is 1. The van der Waals surface area contributed by atoms with Crippen molar-refractivity contribution in [2.24, 2.45) is 0 Å². The zero-order valence-electron chi connectivity index (χ0n) is 18.9. The molecule has 2 aromatic heterocycles. The summed E-state index contributed by atoms with van der Waals surface area (Å²) in [5, 5.41) is 0. The molecule has 1 N–H and O–H groups in total. The van der Waals surface area contributed by atoms with Crippen molar-refractivity contribution in [3.05, 3.63) is 95.6 Å². The topological polar surface area (TPSA) is 77.3 Å². The van der Waals surface area contributed by atoms with E-state index < -0.39 is 0 Å². The van der Waals surface area contributed by atoms with Gasteiger partial charge in [-0.15, -0.1) is 0 Å². The molecule has 0 aliphatic heterocycles. The number of nitrogens with zero attached hydrogens (tertiary/aromatic N) is 1. The Morgan fingerprint density at radius 2 is 1.85 bits per heavy atom. The molecule has 0 amide bonds. The number of oxazole rings is 1. The molecular weight excluding hydrogens is 416 g/mol. The number of H-pyrrole nitrogens is 1. The average Bonchev–Trinajstić information content (AvgIpc) is 3.49. The third-order valence-electron chi connectivity index (χ3n) is 5.45. The number of aryl methyl sites for hydroxylation is 1. The fraction of sp³-hybridized carbons (Fsp3) is 0.259. The second-order valence-electron chi connectivity index (χ2n) is 7.76. The Morgan fingerprint density at radius 1 is 1.06 bits per heavy atom. The summed E-state index contributed by atoms with van der Waals surface area (Å²) in [7, 11) is 0. The van der Waals surface area contributed by atoms with Crippen molar-refractivity contribution in [1.82, 2.24) is 9.97 Å². The zero-order valence-corrected chi connectivity index (χ0v) is 18.9. The highest BCUT2D eigenvalue weighted by molar-refractivity contribution is 5.78. The van der Waals surface area contributed by atoms with Crippen molar-refractivity contribution in [2.75, 3.05) is 13.2 Å². The molecule has 2 aromatic carbocycles. The van der Waals surface area contributed by atoms with E-state index in [-0.39, 0.29) is 11.9 Å². The Hall–Kier alpha value is -3.80. The first-order valence-corrected chi connectivity index (χ1v) is 11.2. The lowest BCUT2D eigenvalue weighted by atomic mass is 9.96. The zero-order chi connectivity index (χ0) is 23.0. The van der Waals surface area contributed by atoms with Crippen molar-refractivity contribution in [1.29, 1.82) is 0 Å². The minimum atomic E-state index is -0.360. The molecular formula is C27H28N2O4. The van der Waals surface area contributed by atoms with E-state index in [1.807, 2.05) is 86.8 Å². The highest BCUT2D eigenvalue weighted by Gasteiger charge is 2.23. The molecule has 4 rings (SSSR count). The van der Waals surface area contributed by atoms with Crippen LogP contribution in [0.4, 0.5) is 0 Å². The number of nitrogens with one attached hydrogen (secondary N) is 1. The van der Waals surface area contributed by atoms with Crippen LogP contribution in [0.15, 0.2) is 77.3 Å².